The van der Waals surface area contributed by atoms with Gasteiger partial charge in [0.25, 0.3) is 0 Å². The van der Waals surface area contributed by atoms with Crippen LogP contribution in [0.4, 0.5) is 35.1 Å². The number of rotatable bonds is 12. The van der Waals surface area contributed by atoms with Gasteiger partial charge in [-0.2, -0.15) is 0 Å². The lowest BCUT2D eigenvalue weighted by molar-refractivity contribution is 0.323. The first-order chi connectivity index (χ1) is 59.9. The van der Waals surface area contributed by atoms with E-state index in [2.05, 4.69) is 18.2 Å². The van der Waals surface area contributed by atoms with Crippen molar-refractivity contribution in [2.24, 2.45) is 0 Å². The zero-order valence-corrected chi connectivity index (χ0v) is 71.3. The van der Waals surface area contributed by atoms with Gasteiger partial charge in [0.05, 0.1) is 0 Å². The van der Waals surface area contributed by atoms with Gasteiger partial charge < -0.3 is 30.6 Å². The number of halogens is 8. The van der Waals surface area contributed by atoms with Crippen molar-refractivity contribution in [1.29, 1.82) is 0 Å². The second kappa shape index (κ2) is 41.1. The number of benzene rings is 12. The van der Waals surface area contributed by atoms with Crippen LogP contribution < -0.4 is 0 Å². The molecule has 648 valence electrons. The summed E-state index contributed by atoms with van der Waals surface area (Å²) in [5.41, 5.74) is 11.3. The van der Waals surface area contributed by atoms with Gasteiger partial charge in [0, 0.05) is 38.1 Å². The van der Waals surface area contributed by atoms with Crippen molar-refractivity contribution < 1.29 is 65.8 Å². The summed E-state index contributed by atoms with van der Waals surface area (Å²) in [6, 6.07) is 77.5. The molecule has 0 heterocycles. The Morgan fingerprint density at radius 2 is 0.484 bits per heavy atom. The van der Waals surface area contributed by atoms with Crippen molar-refractivity contribution >= 4 is 0 Å². The Morgan fingerprint density at radius 3 is 0.847 bits per heavy atom. The summed E-state index contributed by atoms with van der Waals surface area (Å²) in [6.07, 6.45) is 31.7. The normalized spacial score (nSPS) is 17.7. The lowest BCUT2D eigenvalue weighted by Crippen LogP contribution is -2.32. The molecule has 0 radical (unpaired) electrons. The molecule has 0 amide bonds. The SMILES string of the molecule is Cc1cc(C2(c3ccc(O)cc3)CCCCC2)ccc1F.Cc1cc(F)cc(C2(c3ccc(O)cc3)CCCCC2)c1.Oc1ccc(C2(c3c(F)cccc3F)CCCCC2)cc1.Oc1ccc(C2(c3ccccc3)CCCCC2)cc1F.Oc1ccc(C2(c3ccccc3F)CCCCC2)cc1.Oc1ccc(C2(c3ccccc3F)CCCCC2)cc1F. The van der Waals surface area contributed by atoms with E-state index in [0.717, 1.165) is 193 Å². The highest BCUT2D eigenvalue weighted by Crippen LogP contribution is 2.53. The molecule has 0 unspecified atom stereocenters. The summed E-state index contributed by atoms with van der Waals surface area (Å²) in [4.78, 5) is 0. The maximum absolute atomic E-state index is 14.4. The van der Waals surface area contributed by atoms with Gasteiger partial charge in [-0.05, 0) is 278 Å². The van der Waals surface area contributed by atoms with Gasteiger partial charge in [-0.3, -0.25) is 0 Å². The van der Waals surface area contributed by atoms with Crippen molar-refractivity contribution in [1.82, 2.24) is 0 Å². The zero-order valence-electron chi connectivity index (χ0n) is 71.3. The third kappa shape index (κ3) is 20.4. The van der Waals surface area contributed by atoms with Crippen LogP contribution in [0.25, 0.3) is 0 Å². The van der Waals surface area contributed by atoms with Crippen LogP contribution in [0.2, 0.25) is 0 Å². The molecular formula is C110H116F8O6. The van der Waals surface area contributed by atoms with Crippen LogP contribution in [-0.4, -0.2) is 30.6 Å². The molecule has 0 saturated heterocycles. The van der Waals surface area contributed by atoms with Gasteiger partial charge in [-0.25, -0.2) is 35.1 Å². The fourth-order valence-corrected chi connectivity index (χ4v) is 21.4. The van der Waals surface area contributed by atoms with Gasteiger partial charge in [-0.15, -0.1) is 0 Å². The fraction of sp³-hybridized carbons (Fsp3) is 0.345. The quantitative estimate of drug-likeness (QED) is 0.0678. The predicted octanol–water partition coefficient (Wildman–Crippen LogP) is 29.6. The molecule has 0 spiro atoms. The maximum Gasteiger partial charge on any atom is 0.165 e. The molecule has 6 fully saturated rings. The summed E-state index contributed by atoms with van der Waals surface area (Å²) in [7, 11) is 0. The van der Waals surface area contributed by atoms with Crippen LogP contribution in [0.5, 0.6) is 34.5 Å². The zero-order chi connectivity index (χ0) is 87.5. The van der Waals surface area contributed by atoms with Crippen molar-refractivity contribution in [3.63, 3.8) is 0 Å². The summed E-state index contributed by atoms with van der Waals surface area (Å²) < 4.78 is 112. The van der Waals surface area contributed by atoms with E-state index in [-0.39, 0.29) is 79.2 Å². The molecule has 6 saturated carbocycles. The number of hydrogen-bond acceptors (Lipinski definition) is 6. The molecule has 0 atom stereocenters. The Labute approximate surface area is 726 Å². The first kappa shape index (κ1) is 90.6. The van der Waals surface area contributed by atoms with E-state index in [9.17, 15) is 65.8 Å². The monoisotopic (exact) mass is 1680 g/mol. The van der Waals surface area contributed by atoms with E-state index in [1.54, 1.807) is 109 Å². The van der Waals surface area contributed by atoms with Gasteiger partial charge in [0.1, 0.15) is 57.9 Å². The minimum absolute atomic E-state index is 0.0373. The number of aryl methyl sites for hydroxylation is 2. The van der Waals surface area contributed by atoms with Gasteiger partial charge in [0.2, 0.25) is 0 Å². The molecule has 0 bridgehead atoms. The highest BCUT2D eigenvalue weighted by molar-refractivity contribution is 5.50. The van der Waals surface area contributed by atoms with Gasteiger partial charge in [0.15, 0.2) is 23.1 Å². The number of aromatic hydroxyl groups is 6. The Kier molecular flexibility index (Phi) is 30.0. The molecule has 12 aromatic rings. The van der Waals surface area contributed by atoms with E-state index in [1.807, 2.05) is 105 Å². The number of hydrogen-bond donors (Lipinski definition) is 6. The van der Waals surface area contributed by atoms with Crippen LogP contribution in [0.1, 0.15) is 271 Å². The molecule has 12 aromatic carbocycles. The van der Waals surface area contributed by atoms with Crippen molar-refractivity contribution in [2.45, 2.75) is 239 Å². The van der Waals surface area contributed by atoms with E-state index in [1.165, 1.54) is 109 Å². The summed E-state index contributed by atoms with van der Waals surface area (Å²) >= 11 is 0. The third-order valence-electron chi connectivity index (χ3n) is 27.8. The second-order valence-corrected chi connectivity index (χ2v) is 35.3. The van der Waals surface area contributed by atoms with Crippen LogP contribution in [0.15, 0.2) is 267 Å². The van der Waals surface area contributed by atoms with E-state index >= 15 is 0 Å². The summed E-state index contributed by atoms with van der Waals surface area (Å²) in [6.45, 7) is 3.77. The standard InChI is InChI=1S/2C19H21FO.2C18H18F2O.2C18H19FO/c1-14-13-16(7-10-18(14)20)19(11-3-2-4-12-19)15-5-8-17(21)9-6-15;1-14-11-16(13-17(20)12-14)19(9-3-2-4-10-19)15-5-7-18(21)8-6-15;19-15-7-3-2-6-14(15)18(10-4-1-5-11-18)13-8-9-17(21)16(20)12-13;19-15-5-4-6-16(20)17(15)18(11-2-1-3-12-18)13-7-9-14(21)10-8-13;19-17-7-3-2-6-16(17)18(12-4-1-5-13-18)14-8-10-15(20)11-9-14;19-16-13-15(9-10-17(16)20)18(11-5-2-6-12-18)14-7-3-1-4-8-14/h5-10,13,21H,2-4,11-12H2,1H3;5-8,11-13,21H,2-4,9-10H2,1H3;2-3,6-9,12,21H,1,4-5,10-11H2;4-10,21H,1-3,11-12H2;2-3,6-11,20H,1,4-5,12-13H2;1,3-4,7-10,13,20H,2,5-6,11-12H2. The lowest BCUT2D eigenvalue weighted by Gasteiger charge is -2.39. The maximum atomic E-state index is 14.4. The molecule has 6 aliphatic rings. The molecular weight excluding hydrogens is 1570 g/mol. The predicted molar refractivity (Wildman–Crippen MR) is 480 cm³/mol. The first-order valence-corrected chi connectivity index (χ1v) is 44.6. The molecule has 6 aliphatic carbocycles. The smallest absolute Gasteiger partial charge is 0.165 e. The minimum atomic E-state index is -0.645. The van der Waals surface area contributed by atoms with Gasteiger partial charge in [-0.1, -0.05) is 267 Å². The third-order valence-corrected chi connectivity index (χ3v) is 27.8. The highest BCUT2D eigenvalue weighted by Gasteiger charge is 2.44. The van der Waals surface area contributed by atoms with Crippen LogP contribution >= 0.6 is 0 Å². The highest BCUT2D eigenvalue weighted by atomic mass is 19.2. The Bertz CT molecular complexity index is 5400. The second-order valence-electron chi connectivity index (χ2n) is 35.3. The number of phenols is 6. The average Bonchev–Trinajstić information content (AvgIpc) is 0.714. The van der Waals surface area contributed by atoms with Crippen molar-refractivity contribution in [3.05, 3.63) is 391 Å². The fourth-order valence-electron chi connectivity index (χ4n) is 21.4. The molecule has 18 rings (SSSR count). The molecule has 14 heteroatoms. The topological polar surface area (TPSA) is 121 Å². The molecule has 0 aliphatic heterocycles. The van der Waals surface area contributed by atoms with E-state index < -0.39 is 34.1 Å². The molecule has 6 N–H and O–H groups in total. The lowest BCUT2D eigenvalue weighted by atomic mass is 9.65. The minimum Gasteiger partial charge on any atom is -0.508 e. The Balaban J connectivity index is 0.000000128. The molecule has 0 aromatic heterocycles. The van der Waals surface area contributed by atoms with Crippen molar-refractivity contribution in [2.75, 3.05) is 0 Å². The van der Waals surface area contributed by atoms with Crippen LogP contribution in [0, 0.1) is 60.4 Å². The van der Waals surface area contributed by atoms with Crippen molar-refractivity contribution in [3.8, 4) is 34.5 Å². The Hall–Kier alpha value is -11.1. The Morgan fingerprint density at radius 1 is 0.202 bits per heavy atom. The summed E-state index contributed by atoms with van der Waals surface area (Å²) in [5, 5.41) is 56.9. The van der Waals surface area contributed by atoms with E-state index in [4.69, 9.17) is 0 Å². The average molecular weight is 1690 g/mol. The van der Waals surface area contributed by atoms with Crippen LogP contribution in [-0.2, 0) is 32.5 Å². The van der Waals surface area contributed by atoms with E-state index in [0.29, 0.717) is 16.9 Å². The number of phenolic OH excluding ortho intramolecular Hbond substituents is 6. The molecule has 124 heavy (non-hydrogen) atoms. The first-order valence-electron chi connectivity index (χ1n) is 44.6. The largest absolute Gasteiger partial charge is 0.508 e. The van der Waals surface area contributed by atoms with Gasteiger partial charge >= 0.3 is 0 Å². The van der Waals surface area contributed by atoms with Crippen LogP contribution in [0.3, 0.4) is 0 Å². The molecule has 6 nitrogen and oxygen atoms in total. The summed E-state index contributed by atoms with van der Waals surface area (Å²) in [5.74, 6) is -2.44.